The van der Waals surface area contributed by atoms with Crippen LogP contribution in [0, 0.1) is 13.8 Å². The Kier molecular flexibility index (Phi) is 6.43. The molecule has 0 saturated heterocycles. The summed E-state index contributed by atoms with van der Waals surface area (Å²) in [5.74, 6) is 0. The largest absolute Gasteiger partial charge is 0.382 e. The van der Waals surface area contributed by atoms with Crippen molar-refractivity contribution < 1.29 is 17.9 Å². The number of hydrogen-bond acceptors (Lipinski definition) is 5. The number of ether oxygens (including phenoxy) is 2. The van der Waals surface area contributed by atoms with Crippen molar-refractivity contribution in [1.82, 2.24) is 14.9 Å². The normalized spacial score (nSPS) is 11.9. The lowest BCUT2D eigenvalue weighted by atomic mass is 10.4. The van der Waals surface area contributed by atoms with E-state index in [1.165, 1.54) is 0 Å². The van der Waals surface area contributed by atoms with E-state index in [2.05, 4.69) is 14.9 Å². The number of aromatic nitrogens is 2. The summed E-state index contributed by atoms with van der Waals surface area (Å²) in [4.78, 5) is 0.229. The monoisotopic (exact) mass is 291 g/mol. The first-order valence-corrected chi connectivity index (χ1v) is 7.55. The predicted molar refractivity (Wildman–Crippen MR) is 70.6 cm³/mol. The second kappa shape index (κ2) is 7.59. The highest BCUT2D eigenvalue weighted by Crippen LogP contribution is 2.15. The number of H-pyrrole nitrogens is 1. The number of aryl methyl sites for hydroxylation is 2. The SMILES string of the molecule is COCCOCCCNS(=O)(=O)c1c(C)n[nH]c1C. The van der Waals surface area contributed by atoms with Crippen LogP contribution in [0.15, 0.2) is 4.90 Å². The number of methoxy groups -OCH3 is 1. The van der Waals surface area contributed by atoms with E-state index in [9.17, 15) is 8.42 Å². The lowest BCUT2D eigenvalue weighted by Crippen LogP contribution is -2.26. The van der Waals surface area contributed by atoms with Gasteiger partial charge in [0.05, 0.1) is 24.6 Å². The van der Waals surface area contributed by atoms with Crippen LogP contribution in [0.1, 0.15) is 17.8 Å². The molecule has 0 atom stereocenters. The van der Waals surface area contributed by atoms with E-state index in [1.54, 1.807) is 21.0 Å². The maximum absolute atomic E-state index is 12.0. The molecule has 0 amide bonds. The molecule has 19 heavy (non-hydrogen) atoms. The molecule has 1 aromatic rings. The molecule has 0 saturated carbocycles. The van der Waals surface area contributed by atoms with E-state index >= 15 is 0 Å². The number of aromatic amines is 1. The lowest BCUT2D eigenvalue weighted by molar-refractivity contribution is 0.0699. The molecule has 2 N–H and O–H groups in total. The van der Waals surface area contributed by atoms with Gasteiger partial charge in [-0.05, 0) is 20.3 Å². The fraction of sp³-hybridized carbons (Fsp3) is 0.727. The van der Waals surface area contributed by atoms with Crippen molar-refractivity contribution >= 4 is 10.0 Å². The van der Waals surface area contributed by atoms with Crippen molar-refractivity contribution in [3.8, 4) is 0 Å². The molecular formula is C11H21N3O4S. The smallest absolute Gasteiger partial charge is 0.244 e. The number of sulfonamides is 1. The first kappa shape index (κ1) is 16.1. The highest BCUT2D eigenvalue weighted by molar-refractivity contribution is 7.89. The molecule has 1 heterocycles. The van der Waals surface area contributed by atoms with E-state index in [0.717, 1.165) is 0 Å². The van der Waals surface area contributed by atoms with Gasteiger partial charge in [-0.2, -0.15) is 5.10 Å². The van der Waals surface area contributed by atoms with Gasteiger partial charge in [-0.25, -0.2) is 13.1 Å². The van der Waals surface area contributed by atoms with Crippen molar-refractivity contribution in [2.45, 2.75) is 25.2 Å². The summed E-state index contributed by atoms with van der Waals surface area (Å²) in [7, 11) is -1.90. The van der Waals surface area contributed by atoms with E-state index in [4.69, 9.17) is 9.47 Å². The third-order valence-electron chi connectivity index (χ3n) is 2.52. The molecule has 0 aliphatic carbocycles. The van der Waals surface area contributed by atoms with Crippen LogP contribution >= 0.6 is 0 Å². The maximum Gasteiger partial charge on any atom is 0.244 e. The minimum atomic E-state index is -3.50. The molecule has 0 bridgehead atoms. The van der Waals surface area contributed by atoms with Crippen molar-refractivity contribution in [3.63, 3.8) is 0 Å². The molecule has 1 rings (SSSR count). The van der Waals surface area contributed by atoms with Gasteiger partial charge in [0.1, 0.15) is 4.90 Å². The van der Waals surface area contributed by atoms with Gasteiger partial charge in [-0.15, -0.1) is 0 Å². The van der Waals surface area contributed by atoms with Crippen molar-refractivity contribution in [2.75, 3.05) is 33.5 Å². The van der Waals surface area contributed by atoms with Crippen LogP contribution in [0.3, 0.4) is 0 Å². The molecule has 110 valence electrons. The molecule has 0 aliphatic heterocycles. The van der Waals surface area contributed by atoms with Crippen LogP contribution in [0.4, 0.5) is 0 Å². The molecule has 1 aromatic heterocycles. The van der Waals surface area contributed by atoms with Gasteiger partial charge in [-0.3, -0.25) is 5.10 Å². The Balaban J connectivity index is 2.36. The van der Waals surface area contributed by atoms with Crippen LogP contribution in [-0.4, -0.2) is 52.1 Å². The molecule has 0 unspecified atom stereocenters. The van der Waals surface area contributed by atoms with Gasteiger partial charge in [0.25, 0.3) is 0 Å². The summed E-state index contributed by atoms with van der Waals surface area (Å²) in [6.45, 7) is 5.23. The number of rotatable bonds is 9. The lowest BCUT2D eigenvalue weighted by Gasteiger charge is -2.07. The highest BCUT2D eigenvalue weighted by Gasteiger charge is 2.21. The average molecular weight is 291 g/mol. The quantitative estimate of drug-likeness (QED) is 0.641. The summed E-state index contributed by atoms with van der Waals surface area (Å²) in [5, 5.41) is 6.54. The number of nitrogens with one attached hydrogen (secondary N) is 2. The molecule has 8 heteroatoms. The van der Waals surface area contributed by atoms with Gasteiger partial charge < -0.3 is 9.47 Å². The fourth-order valence-electron chi connectivity index (χ4n) is 1.63. The van der Waals surface area contributed by atoms with Crippen LogP contribution < -0.4 is 4.72 Å². The molecule has 0 aliphatic rings. The van der Waals surface area contributed by atoms with Crippen LogP contribution in [-0.2, 0) is 19.5 Å². The Morgan fingerprint density at radius 2 is 2.00 bits per heavy atom. The van der Waals surface area contributed by atoms with E-state index in [0.29, 0.717) is 44.2 Å². The second-order valence-electron chi connectivity index (χ2n) is 4.12. The zero-order chi connectivity index (χ0) is 14.3. The topological polar surface area (TPSA) is 93.3 Å². The van der Waals surface area contributed by atoms with Crippen LogP contribution in [0.25, 0.3) is 0 Å². The zero-order valence-corrected chi connectivity index (χ0v) is 12.3. The summed E-state index contributed by atoms with van der Waals surface area (Å²) in [6.07, 6.45) is 0.610. The minimum absolute atomic E-state index is 0.229. The van der Waals surface area contributed by atoms with Crippen molar-refractivity contribution in [2.24, 2.45) is 0 Å². The molecule has 0 aromatic carbocycles. The summed E-state index contributed by atoms with van der Waals surface area (Å²) in [5.41, 5.74) is 1.02. The van der Waals surface area contributed by atoms with Gasteiger partial charge in [-0.1, -0.05) is 0 Å². The first-order valence-electron chi connectivity index (χ1n) is 6.07. The van der Waals surface area contributed by atoms with Gasteiger partial charge in [0, 0.05) is 20.3 Å². The van der Waals surface area contributed by atoms with Crippen molar-refractivity contribution in [1.29, 1.82) is 0 Å². The Morgan fingerprint density at radius 3 is 2.58 bits per heavy atom. The van der Waals surface area contributed by atoms with E-state index < -0.39 is 10.0 Å². The molecule has 0 fully saturated rings. The Hall–Kier alpha value is -0.960. The Labute approximate surface area is 113 Å². The molecule has 0 radical (unpaired) electrons. The summed E-state index contributed by atoms with van der Waals surface area (Å²) >= 11 is 0. The third-order valence-corrected chi connectivity index (χ3v) is 4.24. The standard InChI is InChI=1S/C11H21N3O4S/c1-9-11(10(2)14-13-9)19(15,16)12-5-4-6-18-8-7-17-3/h12H,4-8H2,1-3H3,(H,13,14). The zero-order valence-electron chi connectivity index (χ0n) is 11.5. The van der Waals surface area contributed by atoms with Gasteiger partial charge >= 0.3 is 0 Å². The number of hydrogen-bond donors (Lipinski definition) is 2. The summed E-state index contributed by atoms with van der Waals surface area (Å²) in [6, 6.07) is 0. The number of nitrogens with zero attached hydrogens (tertiary/aromatic N) is 1. The Morgan fingerprint density at radius 1 is 1.26 bits per heavy atom. The molecular weight excluding hydrogens is 270 g/mol. The third kappa shape index (κ3) is 4.90. The van der Waals surface area contributed by atoms with E-state index in [-0.39, 0.29) is 4.90 Å². The van der Waals surface area contributed by atoms with Gasteiger partial charge in [0.2, 0.25) is 10.0 Å². The van der Waals surface area contributed by atoms with E-state index in [1.807, 2.05) is 0 Å². The molecule has 0 spiro atoms. The van der Waals surface area contributed by atoms with Gasteiger partial charge in [0.15, 0.2) is 0 Å². The molecule has 7 nitrogen and oxygen atoms in total. The average Bonchev–Trinajstić information content (AvgIpc) is 2.68. The van der Waals surface area contributed by atoms with Crippen LogP contribution in [0.5, 0.6) is 0 Å². The van der Waals surface area contributed by atoms with Crippen LogP contribution in [0.2, 0.25) is 0 Å². The fourth-order valence-corrected chi connectivity index (χ4v) is 3.07. The maximum atomic E-state index is 12.0. The predicted octanol–water partition coefficient (Wildman–Crippen LogP) is 0.358. The second-order valence-corrected chi connectivity index (χ2v) is 5.82. The van der Waals surface area contributed by atoms with Crippen molar-refractivity contribution in [3.05, 3.63) is 11.4 Å². The summed E-state index contributed by atoms with van der Waals surface area (Å²) < 4.78 is 36.7. The first-order chi connectivity index (χ1) is 8.99. The minimum Gasteiger partial charge on any atom is -0.382 e. The Bertz CT molecular complexity index is 465. The highest BCUT2D eigenvalue weighted by atomic mass is 32.2.